The van der Waals surface area contributed by atoms with Crippen molar-refractivity contribution >= 4 is 34.6 Å². The van der Waals surface area contributed by atoms with Gasteiger partial charge >= 0.3 is 0 Å². The van der Waals surface area contributed by atoms with Gasteiger partial charge in [-0.2, -0.15) is 5.10 Å². The fraction of sp³-hybridized carbons (Fsp3) is 0.238. The van der Waals surface area contributed by atoms with Crippen LogP contribution in [-0.2, 0) is 9.53 Å². The number of hydrogen-bond acceptors (Lipinski definition) is 5. The fourth-order valence-electron chi connectivity index (χ4n) is 3.18. The normalized spacial score (nSPS) is 13.9. The highest BCUT2D eigenvalue weighted by atomic mass is 35.5. The summed E-state index contributed by atoms with van der Waals surface area (Å²) in [6.45, 7) is 3.41. The highest BCUT2D eigenvalue weighted by molar-refractivity contribution is 6.32. The molecule has 0 radical (unpaired) electrons. The van der Waals surface area contributed by atoms with E-state index in [1.807, 2.05) is 48.7 Å². The van der Waals surface area contributed by atoms with Crippen molar-refractivity contribution in [2.75, 3.05) is 48.4 Å². The predicted octanol–water partition coefficient (Wildman–Crippen LogP) is 3.41. The van der Waals surface area contributed by atoms with Crippen molar-refractivity contribution in [2.24, 2.45) is 0 Å². The van der Waals surface area contributed by atoms with Crippen LogP contribution in [0.2, 0.25) is 5.02 Å². The number of amides is 1. The first-order valence-electron chi connectivity index (χ1n) is 9.45. The molecular formula is C21H22ClN5O2. The molecule has 1 saturated heterocycles. The lowest BCUT2D eigenvalue weighted by molar-refractivity contribution is -0.114. The van der Waals surface area contributed by atoms with Crippen molar-refractivity contribution in [1.29, 1.82) is 0 Å². The SMILES string of the molecule is O=C(CNc1ccc(-n2cccn2)c(Cl)c1)Nc1ccc(N2CCOCC2)cc1. The monoisotopic (exact) mass is 411 g/mol. The van der Waals surface area contributed by atoms with Crippen LogP contribution in [0.25, 0.3) is 5.69 Å². The lowest BCUT2D eigenvalue weighted by Crippen LogP contribution is -2.36. The van der Waals surface area contributed by atoms with E-state index in [2.05, 4.69) is 20.6 Å². The Morgan fingerprint density at radius 1 is 1.10 bits per heavy atom. The number of halogens is 1. The van der Waals surface area contributed by atoms with Crippen molar-refractivity contribution in [3.05, 3.63) is 65.9 Å². The van der Waals surface area contributed by atoms with Gasteiger partial charge in [0.25, 0.3) is 0 Å². The van der Waals surface area contributed by atoms with Gasteiger partial charge in [0.2, 0.25) is 5.91 Å². The first-order chi connectivity index (χ1) is 14.2. The summed E-state index contributed by atoms with van der Waals surface area (Å²) in [5.74, 6) is -0.128. The molecular weight excluding hydrogens is 390 g/mol. The summed E-state index contributed by atoms with van der Waals surface area (Å²) < 4.78 is 7.07. The van der Waals surface area contributed by atoms with Gasteiger partial charge in [0.15, 0.2) is 0 Å². The van der Waals surface area contributed by atoms with Gasteiger partial charge in [-0.3, -0.25) is 4.79 Å². The summed E-state index contributed by atoms with van der Waals surface area (Å²) in [6.07, 6.45) is 3.52. The Bertz CT molecular complexity index is 954. The minimum absolute atomic E-state index is 0.128. The van der Waals surface area contributed by atoms with Gasteiger partial charge in [-0.15, -0.1) is 0 Å². The smallest absolute Gasteiger partial charge is 0.243 e. The molecule has 0 bridgehead atoms. The molecule has 4 rings (SSSR count). The molecule has 7 nitrogen and oxygen atoms in total. The van der Waals surface area contributed by atoms with Crippen LogP contribution in [0.15, 0.2) is 60.9 Å². The van der Waals surface area contributed by atoms with Gasteiger partial charge in [0.1, 0.15) is 0 Å². The lowest BCUT2D eigenvalue weighted by Gasteiger charge is -2.28. The van der Waals surface area contributed by atoms with E-state index in [1.165, 1.54) is 0 Å². The Morgan fingerprint density at radius 3 is 2.55 bits per heavy atom. The molecule has 1 aliphatic rings. The number of aromatic nitrogens is 2. The molecule has 0 saturated carbocycles. The van der Waals surface area contributed by atoms with E-state index >= 15 is 0 Å². The zero-order valence-corrected chi connectivity index (χ0v) is 16.6. The van der Waals surface area contributed by atoms with Crippen molar-refractivity contribution < 1.29 is 9.53 Å². The Hall–Kier alpha value is -3.03. The number of ether oxygens (including phenoxy) is 1. The van der Waals surface area contributed by atoms with Crippen LogP contribution < -0.4 is 15.5 Å². The lowest BCUT2D eigenvalue weighted by atomic mass is 10.2. The molecule has 0 atom stereocenters. The number of carbonyl (C=O) groups is 1. The van der Waals surface area contributed by atoms with E-state index in [9.17, 15) is 4.79 Å². The summed E-state index contributed by atoms with van der Waals surface area (Å²) in [5.41, 5.74) is 3.45. The summed E-state index contributed by atoms with van der Waals surface area (Å²) in [5, 5.41) is 10.7. The average Bonchev–Trinajstić information content (AvgIpc) is 3.28. The molecule has 1 amide bonds. The average molecular weight is 412 g/mol. The van der Waals surface area contributed by atoms with Crippen LogP contribution in [0.3, 0.4) is 0 Å². The van der Waals surface area contributed by atoms with Crippen molar-refractivity contribution in [3.63, 3.8) is 0 Å². The minimum Gasteiger partial charge on any atom is -0.378 e. The molecule has 8 heteroatoms. The number of benzene rings is 2. The van der Waals surface area contributed by atoms with Crippen LogP contribution in [-0.4, -0.2) is 48.5 Å². The number of morpholine rings is 1. The third-order valence-corrected chi connectivity index (χ3v) is 4.98. The van der Waals surface area contributed by atoms with Crippen molar-refractivity contribution in [2.45, 2.75) is 0 Å². The zero-order chi connectivity index (χ0) is 20.1. The predicted molar refractivity (Wildman–Crippen MR) is 115 cm³/mol. The number of nitrogens with one attached hydrogen (secondary N) is 2. The Morgan fingerprint density at radius 2 is 1.86 bits per heavy atom. The number of nitrogens with zero attached hydrogens (tertiary/aromatic N) is 3. The van der Waals surface area contributed by atoms with Crippen molar-refractivity contribution in [1.82, 2.24) is 9.78 Å². The second kappa shape index (κ2) is 8.98. The molecule has 2 N–H and O–H groups in total. The first-order valence-corrected chi connectivity index (χ1v) is 9.83. The Kier molecular flexibility index (Phi) is 5.97. The van der Waals surface area contributed by atoms with E-state index in [1.54, 1.807) is 16.9 Å². The summed E-state index contributed by atoms with van der Waals surface area (Å²) in [4.78, 5) is 14.5. The van der Waals surface area contributed by atoms with Gasteiger partial charge in [-0.1, -0.05) is 11.6 Å². The molecule has 2 heterocycles. The summed E-state index contributed by atoms with van der Waals surface area (Å²) >= 11 is 6.33. The third kappa shape index (κ3) is 4.88. The van der Waals surface area contributed by atoms with E-state index in [0.29, 0.717) is 5.02 Å². The van der Waals surface area contributed by atoms with Crippen LogP contribution in [0.4, 0.5) is 17.1 Å². The molecule has 0 aliphatic carbocycles. The fourth-order valence-corrected chi connectivity index (χ4v) is 3.45. The minimum atomic E-state index is -0.128. The second-order valence-corrected chi connectivity index (χ2v) is 7.07. The number of anilines is 3. The van der Waals surface area contributed by atoms with E-state index in [0.717, 1.165) is 49.1 Å². The Balaban J connectivity index is 1.30. The standard InChI is InChI=1S/C21H22ClN5O2/c22-19-14-17(4-7-20(19)27-9-1-8-24-27)23-15-21(28)25-16-2-5-18(6-3-16)26-10-12-29-13-11-26/h1-9,14,23H,10-13,15H2,(H,25,28). The maximum Gasteiger partial charge on any atom is 0.243 e. The number of carbonyl (C=O) groups excluding carboxylic acids is 1. The van der Waals surface area contributed by atoms with Crippen LogP contribution >= 0.6 is 11.6 Å². The van der Waals surface area contributed by atoms with Gasteiger partial charge in [-0.05, 0) is 48.5 Å². The van der Waals surface area contributed by atoms with Gasteiger partial charge in [-0.25, -0.2) is 4.68 Å². The summed E-state index contributed by atoms with van der Waals surface area (Å²) in [7, 11) is 0. The maximum absolute atomic E-state index is 12.3. The molecule has 2 aromatic carbocycles. The van der Waals surface area contributed by atoms with E-state index < -0.39 is 0 Å². The molecule has 1 aliphatic heterocycles. The second-order valence-electron chi connectivity index (χ2n) is 6.66. The topological polar surface area (TPSA) is 71.4 Å². The van der Waals surface area contributed by atoms with Crippen LogP contribution in [0.5, 0.6) is 0 Å². The van der Waals surface area contributed by atoms with E-state index in [4.69, 9.17) is 16.3 Å². The molecule has 0 spiro atoms. The third-order valence-electron chi connectivity index (χ3n) is 4.68. The molecule has 0 unspecified atom stereocenters. The summed E-state index contributed by atoms with van der Waals surface area (Å²) in [6, 6.07) is 15.2. The quantitative estimate of drug-likeness (QED) is 0.650. The molecule has 29 heavy (non-hydrogen) atoms. The zero-order valence-electron chi connectivity index (χ0n) is 15.8. The van der Waals surface area contributed by atoms with E-state index in [-0.39, 0.29) is 12.5 Å². The number of rotatable bonds is 6. The highest BCUT2D eigenvalue weighted by Gasteiger charge is 2.11. The van der Waals surface area contributed by atoms with Crippen LogP contribution in [0.1, 0.15) is 0 Å². The molecule has 150 valence electrons. The first kappa shape index (κ1) is 19.3. The molecule has 3 aromatic rings. The van der Waals surface area contributed by atoms with Crippen molar-refractivity contribution in [3.8, 4) is 5.69 Å². The van der Waals surface area contributed by atoms with Crippen LogP contribution in [0, 0.1) is 0 Å². The highest BCUT2D eigenvalue weighted by Crippen LogP contribution is 2.24. The molecule has 1 fully saturated rings. The van der Waals surface area contributed by atoms with Gasteiger partial charge in [0, 0.05) is 42.5 Å². The maximum atomic E-state index is 12.3. The Labute approximate surface area is 174 Å². The molecule has 1 aromatic heterocycles. The van der Waals surface area contributed by atoms with Gasteiger partial charge < -0.3 is 20.3 Å². The number of hydrogen-bond donors (Lipinski definition) is 2. The van der Waals surface area contributed by atoms with Gasteiger partial charge in [0.05, 0.1) is 30.5 Å². The largest absolute Gasteiger partial charge is 0.378 e.